The van der Waals surface area contributed by atoms with Gasteiger partial charge in [0.15, 0.2) is 12.2 Å². The van der Waals surface area contributed by atoms with Crippen LogP contribution in [0.3, 0.4) is 0 Å². The Kier molecular flexibility index (Phi) is 79.8. The molecule has 3 N–H and O–H groups in total. The number of aliphatic hydroxyl groups is 1. The van der Waals surface area contributed by atoms with Crippen molar-refractivity contribution in [2.45, 2.75) is 503 Å². The van der Waals surface area contributed by atoms with Crippen LogP contribution < -0.4 is 0 Å². The van der Waals surface area contributed by atoms with Gasteiger partial charge in [0, 0.05) is 25.7 Å². The first-order chi connectivity index (χ1) is 52.9. The number of hydrogen-bond acceptors (Lipinski definition) is 15. The first-order valence-electron chi connectivity index (χ1n) is 46.5. The van der Waals surface area contributed by atoms with E-state index >= 15 is 0 Å². The minimum Gasteiger partial charge on any atom is -0.462 e. The van der Waals surface area contributed by atoms with Crippen molar-refractivity contribution >= 4 is 39.5 Å². The molecule has 648 valence electrons. The Morgan fingerprint density at radius 2 is 0.468 bits per heavy atom. The Balaban J connectivity index is 5.21. The van der Waals surface area contributed by atoms with Crippen LogP contribution in [0.1, 0.15) is 485 Å². The summed E-state index contributed by atoms with van der Waals surface area (Å²) in [4.78, 5) is 73.3. The number of phosphoric ester groups is 2. The van der Waals surface area contributed by atoms with Crippen LogP contribution in [0.2, 0.25) is 0 Å². The molecule has 0 radical (unpaired) electrons. The van der Waals surface area contributed by atoms with Crippen LogP contribution >= 0.6 is 15.6 Å². The average Bonchev–Trinajstić information content (AvgIpc) is 0.900. The monoisotopic (exact) mass is 1590 g/mol. The molecule has 109 heavy (non-hydrogen) atoms. The van der Waals surface area contributed by atoms with Gasteiger partial charge in [-0.05, 0) is 37.5 Å². The number of ether oxygens (including phenoxy) is 4. The second-order valence-electron chi connectivity index (χ2n) is 33.1. The van der Waals surface area contributed by atoms with E-state index < -0.39 is 97.5 Å². The molecule has 0 aliphatic heterocycles. The fourth-order valence-corrected chi connectivity index (χ4v) is 15.7. The second kappa shape index (κ2) is 81.2. The Bertz CT molecular complexity index is 2080. The highest BCUT2D eigenvalue weighted by Crippen LogP contribution is 2.45. The van der Waals surface area contributed by atoms with E-state index in [1.54, 1.807) is 0 Å². The van der Waals surface area contributed by atoms with Crippen LogP contribution in [0.25, 0.3) is 0 Å². The summed E-state index contributed by atoms with van der Waals surface area (Å²) < 4.78 is 69.0. The molecule has 0 rings (SSSR count). The Labute approximate surface area is 670 Å². The highest BCUT2D eigenvalue weighted by Gasteiger charge is 2.31. The predicted octanol–water partition coefficient (Wildman–Crippen LogP) is 27.8. The van der Waals surface area contributed by atoms with Gasteiger partial charge in [-0.1, -0.05) is 433 Å². The first kappa shape index (κ1) is 107. The van der Waals surface area contributed by atoms with Gasteiger partial charge in [0.2, 0.25) is 0 Å². The van der Waals surface area contributed by atoms with E-state index in [-0.39, 0.29) is 25.7 Å². The summed E-state index contributed by atoms with van der Waals surface area (Å²) >= 11 is 0. The molecule has 17 nitrogen and oxygen atoms in total. The zero-order valence-corrected chi connectivity index (χ0v) is 73.7. The number of rotatable bonds is 89. The van der Waals surface area contributed by atoms with E-state index in [9.17, 15) is 43.2 Å². The van der Waals surface area contributed by atoms with Crippen molar-refractivity contribution in [1.29, 1.82) is 0 Å². The van der Waals surface area contributed by atoms with Gasteiger partial charge in [0.1, 0.15) is 19.3 Å². The van der Waals surface area contributed by atoms with E-state index in [0.29, 0.717) is 25.7 Å². The van der Waals surface area contributed by atoms with Crippen LogP contribution in [-0.2, 0) is 65.4 Å². The van der Waals surface area contributed by atoms with E-state index in [2.05, 4.69) is 41.5 Å². The van der Waals surface area contributed by atoms with Gasteiger partial charge in [-0.15, -0.1) is 0 Å². The fourth-order valence-electron chi connectivity index (χ4n) is 14.1. The Morgan fingerprint density at radius 3 is 0.697 bits per heavy atom. The van der Waals surface area contributed by atoms with Gasteiger partial charge >= 0.3 is 39.5 Å². The normalized spacial score (nSPS) is 14.0. The van der Waals surface area contributed by atoms with Gasteiger partial charge in [-0.25, -0.2) is 9.13 Å². The number of unbranched alkanes of at least 4 members (excludes halogenated alkanes) is 58. The first-order valence-corrected chi connectivity index (χ1v) is 49.5. The summed E-state index contributed by atoms with van der Waals surface area (Å²) in [6.07, 6.45) is 75.1. The number of phosphoric acid groups is 2. The van der Waals surface area contributed by atoms with Crippen LogP contribution in [0.15, 0.2) is 0 Å². The van der Waals surface area contributed by atoms with Crippen molar-refractivity contribution in [2.24, 2.45) is 11.8 Å². The van der Waals surface area contributed by atoms with E-state index in [1.807, 2.05) is 0 Å². The number of carbonyl (C=O) groups is 4. The smallest absolute Gasteiger partial charge is 0.462 e. The maximum absolute atomic E-state index is 13.2. The minimum absolute atomic E-state index is 0.108. The molecule has 0 aromatic rings. The summed E-state index contributed by atoms with van der Waals surface area (Å²) in [7, 11) is -9.93. The predicted molar refractivity (Wildman–Crippen MR) is 451 cm³/mol. The van der Waals surface area contributed by atoms with E-state index in [1.165, 1.54) is 302 Å². The summed E-state index contributed by atoms with van der Waals surface area (Å²) in [5.74, 6) is -0.440. The fraction of sp³-hybridized carbons (Fsp3) is 0.956. The molecule has 6 atom stereocenters. The van der Waals surface area contributed by atoms with Crippen LogP contribution in [0, 0.1) is 11.8 Å². The summed E-state index contributed by atoms with van der Waals surface area (Å²) in [6.45, 7) is 9.77. The van der Waals surface area contributed by atoms with Crippen molar-refractivity contribution in [3.05, 3.63) is 0 Å². The van der Waals surface area contributed by atoms with Crippen molar-refractivity contribution in [3.8, 4) is 0 Å². The molecule has 0 saturated carbocycles. The second-order valence-corrected chi connectivity index (χ2v) is 36.0. The lowest BCUT2D eigenvalue weighted by Crippen LogP contribution is -2.30. The van der Waals surface area contributed by atoms with E-state index in [4.69, 9.17) is 37.0 Å². The van der Waals surface area contributed by atoms with Gasteiger partial charge in [-0.3, -0.25) is 37.3 Å². The molecule has 0 aliphatic rings. The zero-order chi connectivity index (χ0) is 79.9. The molecule has 0 saturated heterocycles. The van der Waals surface area contributed by atoms with Gasteiger partial charge in [-0.2, -0.15) is 0 Å². The van der Waals surface area contributed by atoms with Crippen molar-refractivity contribution in [2.75, 3.05) is 39.6 Å². The third-order valence-corrected chi connectivity index (χ3v) is 23.5. The molecule has 0 aliphatic carbocycles. The van der Waals surface area contributed by atoms with E-state index in [0.717, 1.165) is 102 Å². The van der Waals surface area contributed by atoms with Crippen molar-refractivity contribution < 1.29 is 80.2 Å². The molecule has 0 bridgehead atoms. The van der Waals surface area contributed by atoms with Crippen molar-refractivity contribution in [1.82, 2.24) is 0 Å². The van der Waals surface area contributed by atoms with Crippen LogP contribution in [0.4, 0.5) is 0 Å². The summed E-state index contributed by atoms with van der Waals surface area (Å²) in [6, 6.07) is 0. The zero-order valence-electron chi connectivity index (χ0n) is 71.9. The topological polar surface area (TPSA) is 237 Å². The van der Waals surface area contributed by atoms with Gasteiger partial charge in [0.25, 0.3) is 0 Å². The quantitative estimate of drug-likeness (QED) is 0.0222. The molecule has 0 spiro atoms. The lowest BCUT2D eigenvalue weighted by Gasteiger charge is -2.21. The maximum atomic E-state index is 13.2. The third kappa shape index (κ3) is 82.4. The summed E-state index contributed by atoms with van der Waals surface area (Å²) in [5, 5.41) is 10.7. The Hall–Kier alpha value is -1.94. The third-order valence-electron chi connectivity index (χ3n) is 21.6. The number of hydrogen-bond donors (Lipinski definition) is 3. The van der Waals surface area contributed by atoms with Crippen LogP contribution in [0.5, 0.6) is 0 Å². The molecule has 0 heterocycles. The molecular weight excluding hydrogens is 1410 g/mol. The average molecular weight is 1590 g/mol. The number of aliphatic hydroxyl groups excluding tert-OH is 1. The van der Waals surface area contributed by atoms with Gasteiger partial charge in [0.05, 0.1) is 26.4 Å². The van der Waals surface area contributed by atoms with Crippen molar-refractivity contribution in [3.63, 3.8) is 0 Å². The molecule has 19 heteroatoms. The number of carbonyl (C=O) groups excluding carboxylic acids is 4. The highest BCUT2D eigenvalue weighted by atomic mass is 31.2. The largest absolute Gasteiger partial charge is 0.472 e. The Morgan fingerprint density at radius 1 is 0.266 bits per heavy atom. The molecule has 0 amide bonds. The molecule has 0 aromatic carbocycles. The molecule has 0 fully saturated rings. The SMILES string of the molecule is CCCCCCCCCCCCCCCCCCCCCCCC(=O)OC[C@H](COP(=O)(O)OC[C@@H](O)COP(=O)(O)OC[C@@H](COC(=O)CCCCCCCCCCCC)OC(=O)CCCCCCCCCCCCCCCC(C)C)OC(=O)CCCCCCCCCCCCCCCCCCCCC(C)CC. The summed E-state index contributed by atoms with van der Waals surface area (Å²) in [5.41, 5.74) is 0. The number of esters is 4. The molecule has 0 aromatic heterocycles. The van der Waals surface area contributed by atoms with Crippen LogP contribution in [-0.4, -0.2) is 96.7 Å². The minimum atomic E-state index is -4.97. The molecule has 3 unspecified atom stereocenters. The standard InChI is InChI=1S/C90H176O17P2/c1-7-10-12-14-16-18-20-21-22-23-24-25-26-30-33-38-43-49-55-61-67-73-88(93)101-79-86(107-89(94)74-68-62-56-50-44-39-34-31-28-27-29-32-37-42-47-53-59-65-71-83(6)9-3)81-105-109(98,99)103-77-84(91)76-102-108(96,97)104-80-85(78-100-87(92)72-66-60-54-48-19-17-15-13-11-8-2)106-90(95)75-69-63-57-51-45-40-35-36-41-46-52-58-64-70-82(4)5/h82-86,91H,7-81H2,1-6H3,(H,96,97)(H,98,99)/t83?,84-,85+,86+/m0/s1. The lowest BCUT2D eigenvalue weighted by molar-refractivity contribution is -0.161. The highest BCUT2D eigenvalue weighted by molar-refractivity contribution is 7.47. The molecular formula is C90H176O17P2. The van der Waals surface area contributed by atoms with Gasteiger partial charge < -0.3 is 33.8 Å². The maximum Gasteiger partial charge on any atom is 0.472 e. The lowest BCUT2D eigenvalue weighted by atomic mass is 9.99.